The lowest BCUT2D eigenvalue weighted by Crippen LogP contribution is -2.48. The van der Waals surface area contributed by atoms with Gasteiger partial charge >= 0.3 is 0 Å². The van der Waals surface area contributed by atoms with Crippen LogP contribution in [0.25, 0.3) is 10.8 Å². The summed E-state index contributed by atoms with van der Waals surface area (Å²) in [4.78, 5) is 14.7. The van der Waals surface area contributed by atoms with E-state index in [2.05, 4.69) is 37.0 Å². The molecule has 0 amide bonds. The van der Waals surface area contributed by atoms with Crippen LogP contribution < -0.4 is 20.8 Å². The fraction of sp³-hybridized carbons (Fsp3) is 0.423. The molecule has 0 bridgehead atoms. The largest absolute Gasteiger partial charge is 0.496 e. The standard InChI is InChI=1S/C26H31ClN2O3/c1-4-24(28)26(18-6-5-16(2)22(14-18)31-3)10-7-19(8-11-26)32-23-13-17-9-12-29-25(30)20(17)15-21(23)27/h5-6,9,12-15,19,24H,4,7-8,10-11,28H2,1-3H3,(H,29,30)/t19-,24-,26-/m1/s1. The van der Waals surface area contributed by atoms with Gasteiger partial charge in [-0.25, -0.2) is 0 Å². The molecule has 0 spiro atoms. The Bertz CT molecular complexity index is 1170. The molecule has 1 aliphatic carbocycles. The summed E-state index contributed by atoms with van der Waals surface area (Å²) < 4.78 is 11.9. The Hall–Kier alpha value is -2.50. The van der Waals surface area contributed by atoms with E-state index in [4.69, 9.17) is 26.8 Å². The number of aromatic nitrogens is 1. The average Bonchev–Trinajstić information content (AvgIpc) is 2.80. The molecule has 2 aromatic carbocycles. The van der Waals surface area contributed by atoms with Crippen molar-refractivity contribution in [2.24, 2.45) is 5.73 Å². The Labute approximate surface area is 193 Å². The van der Waals surface area contributed by atoms with Gasteiger partial charge in [0, 0.05) is 23.0 Å². The molecule has 3 aromatic rings. The highest BCUT2D eigenvalue weighted by molar-refractivity contribution is 6.32. The zero-order valence-electron chi connectivity index (χ0n) is 18.9. The van der Waals surface area contributed by atoms with Gasteiger partial charge in [-0.05, 0) is 79.8 Å². The summed E-state index contributed by atoms with van der Waals surface area (Å²) in [5, 5.41) is 1.84. The number of H-pyrrole nitrogens is 1. The number of methoxy groups -OCH3 is 1. The minimum atomic E-state index is -0.152. The zero-order valence-corrected chi connectivity index (χ0v) is 19.7. The Balaban J connectivity index is 1.57. The normalized spacial score (nSPS) is 22.0. The number of fused-ring (bicyclic) bond motifs is 1. The second kappa shape index (κ2) is 9.16. The molecule has 32 heavy (non-hydrogen) atoms. The quantitative estimate of drug-likeness (QED) is 0.515. The van der Waals surface area contributed by atoms with Crippen LogP contribution in [-0.4, -0.2) is 24.2 Å². The third-order valence-electron chi connectivity index (χ3n) is 7.08. The van der Waals surface area contributed by atoms with Crippen molar-refractivity contribution in [1.82, 2.24) is 4.98 Å². The van der Waals surface area contributed by atoms with Crippen LogP contribution in [-0.2, 0) is 5.41 Å². The molecule has 5 nitrogen and oxygen atoms in total. The lowest BCUT2D eigenvalue weighted by molar-refractivity contribution is 0.104. The van der Waals surface area contributed by atoms with Crippen LogP contribution in [0.4, 0.5) is 0 Å². The number of nitrogens with one attached hydrogen (secondary N) is 1. The maximum atomic E-state index is 12.0. The van der Waals surface area contributed by atoms with Gasteiger partial charge in [0.1, 0.15) is 11.5 Å². The Kier molecular flexibility index (Phi) is 6.50. The van der Waals surface area contributed by atoms with Crippen LogP contribution in [0.1, 0.15) is 50.2 Å². The molecule has 6 heteroatoms. The van der Waals surface area contributed by atoms with E-state index >= 15 is 0 Å². The van der Waals surface area contributed by atoms with Crippen molar-refractivity contribution in [1.29, 1.82) is 0 Å². The number of hydrogen-bond acceptors (Lipinski definition) is 4. The van der Waals surface area contributed by atoms with Gasteiger partial charge in [-0.2, -0.15) is 0 Å². The molecule has 1 atom stereocenters. The summed E-state index contributed by atoms with van der Waals surface area (Å²) >= 11 is 6.46. The maximum absolute atomic E-state index is 12.0. The van der Waals surface area contributed by atoms with Gasteiger partial charge in [0.25, 0.3) is 5.56 Å². The van der Waals surface area contributed by atoms with Gasteiger partial charge in [-0.3, -0.25) is 4.79 Å². The van der Waals surface area contributed by atoms with E-state index in [0.29, 0.717) is 16.2 Å². The summed E-state index contributed by atoms with van der Waals surface area (Å²) in [6.07, 6.45) is 6.23. The number of rotatable bonds is 6. The minimum Gasteiger partial charge on any atom is -0.496 e. The second-order valence-electron chi connectivity index (χ2n) is 8.85. The molecule has 1 aliphatic rings. The molecule has 4 rings (SSSR count). The van der Waals surface area contributed by atoms with Crippen molar-refractivity contribution in [3.8, 4) is 11.5 Å². The molecule has 1 aromatic heterocycles. The van der Waals surface area contributed by atoms with Crippen LogP contribution in [0, 0.1) is 6.92 Å². The molecule has 0 radical (unpaired) electrons. The predicted octanol–water partition coefficient (Wildman–Crippen LogP) is 5.50. The summed E-state index contributed by atoms with van der Waals surface area (Å²) in [7, 11) is 1.71. The molecule has 0 aliphatic heterocycles. The van der Waals surface area contributed by atoms with E-state index in [1.165, 1.54) is 5.56 Å². The lowest BCUT2D eigenvalue weighted by atomic mass is 9.63. The molecule has 3 N–H and O–H groups in total. The highest BCUT2D eigenvalue weighted by Gasteiger charge is 2.42. The van der Waals surface area contributed by atoms with Gasteiger partial charge in [0.15, 0.2) is 0 Å². The second-order valence-corrected chi connectivity index (χ2v) is 9.26. The number of aryl methyl sites for hydroxylation is 1. The highest BCUT2D eigenvalue weighted by atomic mass is 35.5. The van der Waals surface area contributed by atoms with E-state index in [0.717, 1.165) is 48.8 Å². The van der Waals surface area contributed by atoms with Crippen molar-refractivity contribution in [2.75, 3.05) is 7.11 Å². The number of nitrogens with two attached hydrogens (primary N) is 1. The maximum Gasteiger partial charge on any atom is 0.255 e. The molecular weight excluding hydrogens is 424 g/mol. The Morgan fingerprint density at radius 3 is 2.62 bits per heavy atom. The SMILES string of the molecule is CC[C@@H](N)[C@]1(c2ccc(C)c(OC)c2)CC[C@@H](Oc2cc3cc[nH]c(=O)c3cc2Cl)CC1. The molecule has 1 saturated carbocycles. The van der Waals surface area contributed by atoms with Crippen molar-refractivity contribution >= 4 is 22.4 Å². The Morgan fingerprint density at radius 2 is 1.94 bits per heavy atom. The van der Waals surface area contributed by atoms with Gasteiger partial charge in [0.2, 0.25) is 0 Å². The fourth-order valence-corrected chi connectivity index (χ4v) is 5.28. The van der Waals surface area contributed by atoms with E-state index in [1.54, 1.807) is 19.4 Å². The average molecular weight is 455 g/mol. The number of hydrogen-bond donors (Lipinski definition) is 2. The first kappa shape index (κ1) is 22.7. The van der Waals surface area contributed by atoms with Crippen molar-refractivity contribution in [3.63, 3.8) is 0 Å². The van der Waals surface area contributed by atoms with E-state index in [-0.39, 0.29) is 23.1 Å². The van der Waals surface area contributed by atoms with Gasteiger partial charge in [-0.1, -0.05) is 30.7 Å². The Morgan fingerprint density at radius 1 is 1.19 bits per heavy atom. The van der Waals surface area contributed by atoms with Gasteiger partial charge in [-0.15, -0.1) is 0 Å². The fourth-order valence-electron chi connectivity index (χ4n) is 5.08. The minimum absolute atomic E-state index is 0.0523. The van der Waals surface area contributed by atoms with Gasteiger partial charge in [0.05, 0.1) is 18.2 Å². The van der Waals surface area contributed by atoms with Gasteiger partial charge < -0.3 is 20.2 Å². The molecule has 0 unspecified atom stereocenters. The number of benzene rings is 2. The highest BCUT2D eigenvalue weighted by Crippen LogP contribution is 2.45. The lowest BCUT2D eigenvalue weighted by Gasteiger charge is -2.44. The number of ether oxygens (including phenoxy) is 2. The monoisotopic (exact) mass is 454 g/mol. The predicted molar refractivity (Wildman–Crippen MR) is 130 cm³/mol. The van der Waals surface area contributed by atoms with Crippen molar-refractivity contribution in [2.45, 2.75) is 63.5 Å². The number of aromatic amines is 1. The smallest absolute Gasteiger partial charge is 0.255 e. The molecule has 1 heterocycles. The summed E-state index contributed by atoms with van der Waals surface area (Å²) in [5.41, 5.74) is 8.82. The first-order valence-electron chi connectivity index (χ1n) is 11.3. The summed E-state index contributed by atoms with van der Waals surface area (Å²) in [6, 6.07) is 11.9. The molecular formula is C26H31ClN2O3. The molecule has 0 saturated heterocycles. The van der Waals surface area contributed by atoms with Crippen molar-refractivity contribution in [3.05, 3.63) is 69.1 Å². The van der Waals surface area contributed by atoms with Crippen molar-refractivity contribution < 1.29 is 9.47 Å². The first-order chi connectivity index (χ1) is 15.4. The molecule has 1 fully saturated rings. The number of pyridine rings is 1. The number of halogens is 1. The third kappa shape index (κ3) is 4.12. The van der Waals surface area contributed by atoms with E-state index < -0.39 is 0 Å². The summed E-state index contributed by atoms with van der Waals surface area (Å²) in [6.45, 7) is 4.21. The topological polar surface area (TPSA) is 77.3 Å². The third-order valence-corrected chi connectivity index (χ3v) is 7.37. The van der Waals surface area contributed by atoms with Crippen LogP contribution in [0.5, 0.6) is 11.5 Å². The van der Waals surface area contributed by atoms with Crippen LogP contribution in [0.3, 0.4) is 0 Å². The first-order valence-corrected chi connectivity index (χ1v) is 11.6. The van der Waals surface area contributed by atoms with E-state index in [1.807, 2.05) is 12.1 Å². The zero-order chi connectivity index (χ0) is 22.9. The van der Waals surface area contributed by atoms with Crippen LogP contribution in [0.2, 0.25) is 5.02 Å². The van der Waals surface area contributed by atoms with E-state index in [9.17, 15) is 4.79 Å². The van der Waals surface area contributed by atoms with Crippen LogP contribution >= 0.6 is 11.6 Å². The summed E-state index contributed by atoms with van der Waals surface area (Å²) in [5.74, 6) is 1.53. The molecule has 170 valence electrons. The van der Waals surface area contributed by atoms with Crippen LogP contribution in [0.15, 0.2) is 47.4 Å².